The first kappa shape index (κ1) is 20.7. The van der Waals surface area contributed by atoms with Crippen molar-refractivity contribution >= 4 is 40.8 Å². The highest BCUT2D eigenvalue weighted by Crippen LogP contribution is 2.30. The van der Waals surface area contributed by atoms with Crippen LogP contribution in [0.5, 0.6) is 5.75 Å². The number of rotatable bonds is 6. The Bertz CT molecular complexity index is 960. The van der Waals surface area contributed by atoms with Crippen LogP contribution in [0.15, 0.2) is 36.4 Å². The molecule has 2 amide bonds. The van der Waals surface area contributed by atoms with Crippen molar-refractivity contribution in [2.45, 2.75) is 19.8 Å². The van der Waals surface area contributed by atoms with Gasteiger partial charge in [-0.15, -0.1) is 0 Å². The van der Waals surface area contributed by atoms with Crippen LogP contribution in [0, 0.1) is 6.92 Å². The first-order chi connectivity index (χ1) is 13.9. The lowest BCUT2D eigenvalue weighted by Gasteiger charge is -2.20. The number of hydrogen-bond donors (Lipinski definition) is 1. The maximum absolute atomic E-state index is 12.9. The van der Waals surface area contributed by atoms with E-state index in [0.717, 1.165) is 12.0 Å². The van der Waals surface area contributed by atoms with Gasteiger partial charge in [-0.1, -0.05) is 11.6 Å². The van der Waals surface area contributed by atoms with Crippen LogP contribution >= 0.6 is 11.6 Å². The van der Waals surface area contributed by atoms with Crippen LogP contribution in [0.3, 0.4) is 0 Å². The Kier molecular flexibility index (Phi) is 6.39. The minimum absolute atomic E-state index is 0.0235. The van der Waals surface area contributed by atoms with Crippen molar-refractivity contribution < 1.29 is 23.9 Å². The number of nitrogens with zero attached hydrogens (tertiary/aromatic N) is 1. The number of methoxy groups -OCH3 is 1. The molecule has 2 aromatic rings. The maximum Gasteiger partial charge on any atom is 0.343 e. The van der Waals surface area contributed by atoms with Crippen molar-refractivity contribution in [3.05, 3.63) is 52.5 Å². The second-order valence-electron chi connectivity index (χ2n) is 6.61. The molecule has 1 aliphatic rings. The molecule has 1 N–H and O–H groups in total. The van der Waals surface area contributed by atoms with Gasteiger partial charge < -0.3 is 19.7 Å². The van der Waals surface area contributed by atoms with Crippen LogP contribution < -0.4 is 15.0 Å². The van der Waals surface area contributed by atoms with Gasteiger partial charge in [-0.05, 0) is 55.3 Å². The summed E-state index contributed by atoms with van der Waals surface area (Å²) in [6.45, 7) is 2.18. The molecule has 0 bridgehead atoms. The monoisotopic (exact) mass is 416 g/mol. The predicted octanol–water partition coefficient (Wildman–Crippen LogP) is 3.58. The first-order valence-electron chi connectivity index (χ1n) is 9.10. The summed E-state index contributed by atoms with van der Waals surface area (Å²) < 4.78 is 9.89. The van der Waals surface area contributed by atoms with Crippen molar-refractivity contribution in [1.82, 2.24) is 0 Å². The first-order valence-corrected chi connectivity index (χ1v) is 9.48. The summed E-state index contributed by atoms with van der Waals surface area (Å²) in [4.78, 5) is 37.8. The molecule has 8 heteroatoms. The molecule has 152 valence electrons. The highest BCUT2D eigenvalue weighted by atomic mass is 35.5. The summed E-state index contributed by atoms with van der Waals surface area (Å²) in [6.07, 6.45) is 1.21. The largest absolute Gasteiger partial charge is 0.482 e. The molecule has 0 spiro atoms. The molecule has 0 saturated carbocycles. The normalized spacial score (nSPS) is 13.3. The average molecular weight is 417 g/mol. The Labute approximate surface area is 173 Å². The third-order valence-corrected chi connectivity index (χ3v) is 4.83. The van der Waals surface area contributed by atoms with Crippen molar-refractivity contribution in [1.29, 1.82) is 0 Å². The van der Waals surface area contributed by atoms with Crippen LogP contribution in [-0.4, -0.2) is 38.0 Å². The van der Waals surface area contributed by atoms with Crippen LogP contribution in [0.25, 0.3) is 0 Å². The summed E-state index contributed by atoms with van der Waals surface area (Å²) in [6, 6.07) is 9.93. The fourth-order valence-corrected chi connectivity index (χ4v) is 3.25. The highest BCUT2D eigenvalue weighted by molar-refractivity contribution is 6.31. The molecule has 29 heavy (non-hydrogen) atoms. The summed E-state index contributed by atoms with van der Waals surface area (Å²) in [5.41, 5.74) is 2.23. The van der Waals surface area contributed by atoms with E-state index < -0.39 is 5.97 Å². The second kappa shape index (κ2) is 8.96. The molecular formula is C21H21ClN2O5. The lowest BCUT2D eigenvalue weighted by Crippen LogP contribution is -2.27. The number of anilines is 2. The second-order valence-corrected chi connectivity index (χ2v) is 7.04. The minimum Gasteiger partial charge on any atom is -0.482 e. The summed E-state index contributed by atoms with van der Waals surface area (Å²) in [7, 11) is 1.29. The molecule has 0 atom stereocenters. The molecule has 0 aliphatic carbocycles. The van der Waals surface area contributed by atoms with Gasteiger partial charge in [-0.2, -0.15) is 0 Å². The zero-order valence-electron chi connectivity index (χ0n) is 16.2. The molecule has 1 heterocycles. The predicted molar refractivity (Wildman–Crippen MR) is 110 cm³/mol. The van der Waals surface area contributed by atoms with E-state index in [4.69, 9.17) is 16.3 Å². The fourth-order valence-electron chi connectivity index (χ4n) is 3.08. The number of halogens is 1. The van der Waals surface area contributed by atoms with E-state index in [0.29, 0.717) is 40.7 Å². The number of carbonyl (C=O) groups excluding carboxylic acids is 3. The fraction of sp³-hybridized carbons (Fsp3) is 0.286. The van der Waals surface area contributed by atoms with E-state index in [1.807, 2.05) is 6.92 Å². The van der Waals surface area contributed by atoms with E-state index in [2.05, 4.69) is 10.1 Å². The Morgan fingerprint density at radius 1 is 1.21 bits per heavy atom. The van der Waals surface area contributed by atoms with Gasteiger partial charge in [0.1, 0.15) is 5.75 Å². The van der Waals surface area contributed by atoms with E-state index >= 15 is 0 Å². The van der Waals surface area contributed by atoms with Gasteiger partial charge in [0.15, 0.2) is 6.61 Å². The Balaban J connectivity index is 1.78. The van der Waals surface area contributed by atoms with Gasteiger partial charge in [0, 0.05) is 23.7 Å². The van der Waals surface area contributed by atoms with Crippen molar-refractivity contribution in [3.63, 3.8) is 0 Å². The van der Waals surface area contributed by atoms with Gasteiger partial charge in [0.05, 0.1) is 18.4 Å². The molecule has 2 aromatic carbocycles. The number of ether oxygens (including phenoxy) is 2. The molecule has 1 fully saturated rings. The zero-order valence-corrected chi connectivity index (χ0v) is 16.9. The standard InChI is InChI=1S/C21H21ClN2O5/c1-13-10-15(29-12-20(26)28-2)6-8-17(13)23-21(27)16-7-5-14(22)11-18(16)24-9-3-4-19(24)25/h5-8,10-11H,3-4,9,12H2,1-2H3,(H,23,27). The van der Waals surface area contributed by atoms with E-state index in [-0.39, 0.29) is 18.4 Å². The number of amides is 2. The highest BCUT2D eigenvalue weighted by Gasteiger charge is 2.26. The quantitative estimate of drug-likeness (QED) is 0.727. The minimum atomic E-state index is -0.480. The summed E-state index contributed by atoms with van der Waals surface area (Å²) >= 11 is 6.10. The maximum atomic E-state index is 12.9. The molecule has 1 aliphatic heterocycles. The summed E-state index contributed by atoms with van der Waals surface area (Å²) in [5.74, 6) is -0.361. The van der Waals surface area contributed by atoms with Gasteiger partial charge in [0.25, 0.3) is 5.91 Å². The van der Waals surface area contributed by atoms with Gasteiger partial charge in [-0.25, -0.2) is 4.79 Å². The lowest BCUT2D eigenvalue weighted by molar-refractivity contribution is -0.142. The molecule has 0 unspecified atom stereocenters. The van der Waals surface area contributed by atoms with Crippen LogP contribution in [0.2, 0.25) is 5.02 Å². The molecule has 7 nitrogen and oxygen atoms in total. The van der Waals surface area contributed by atoms with Gasteiger partial charge >= 0.3 is 5.97 Å². The number of esters is 1. The Hall–Kier alpha value is -3.06. The van der Waals surface area contributed by atoms with Gasteiger partial charge in [0.2, 0.25) is 5.91 Å². The number of aryl methyl sites for hydroxylation is 1. The third kappa shape index (κ3) is 4.86. The SMILES string of the molecule is COC(=O)COc1ccc(NC(=O)c2ccc(Cl)cc2N2CCCC2=O)c(C)c1. The number of nitrogens with one attached hydrogen (secondary N) is 1. The smallest absolute Gasteiger partial charge is 0.343 e. The molecule has 0 radical (unpaired) electrons. The van der Waals surface area contributed by atoms with E-state index in [1.54, 1.807) is 41.3 Å². The average Bonchev–Trinajstić information content (AvgIpc) is 3.13. The topological polar surface area (TPSA) is 84.9 Å². The molecule has 3 rings (SSSR count). The van der Waals surface area contributed by atoms with Crippen molar-refractivity contribution in [2.75, 3.05) is 30.5 Å². The third-order valence-electron chi connectivity index (χ3n) is 4.60. The van der Waals surface area contributed by atoms with Crippen molar-refractivity contribution in [3.8, 4) is 5.75 Å². The molecular weight excluding hydrogens is 396 g/mol. The van der Waals surface area contributed by atoms with E-state index in [9.17, 15) is 14.4 Å². The van der Waals surface area contributed by atoms with Crippen LogP contribution in [0.4, 0.5) is 11.4 Å². The molecule has 0 aromatic heterocycles. The Morgan fingerprint density at radius 3 is 2.66 bits per heavy atom. The molecule has 1 saturated heterocycles. The lowest BCUT2D eigenvalue weighted by atomic mass is 10.1. The van der Waals surface area contributed by atoms with Crippen LogP contribution in [-0.2, 0) is 14.3 Å². The van der Waals surface area contributed by atoms with Crippen LogP contribution in [0.1, 0.15) is 28.8 Å². The number of benzene rings is 2. The van der Waals surface area contributed by atoms with Gasteiger partial charge in [-0.3, -0.25) is 9.59 Å². The number of hydrogen-bond acceptors (Lipinski definition) is 5. The summed E-state index contributed by atoms with van der Waals surface area (Å²) in [5, 5.41) is 3.32. The zero-order chi connectivity index (χ0) is 21.0. The number of carbonyl (C=O) groups is 3. The van der Waals surface area contributed by atoms with E-state index in [1.165, 1.54) is 7.11 Å². The Morgan fingerprint density at radius 2 is 2.00 bits per heavy atom. The van der Waals surface area contributed by atoms with Crippen molar-refractivity contribution in [2.24, 2.45) is 0 Å².